The van der Waals surface area contributed by atoms with Gasteiger partial charge in [-0.05, 0) is 60.5 Å². The first-order chi connectivity index (χ1) is 13.7. The van der Waals surface area contributed by atoms with Gasteiger partial charge in [0, 0.05) is 37.2 Å². The van der Waals surface area contributed by atoms with E-state index in [4.69, 9.17) is 4.74 Å². The molecule has 3 aromatic rings. The Labute approximate surface area is 168 Å². The summed E-state index contributed by atoms with van der Waals surface area (Å²) in [6, 6.07) is 20.6. The molecule has 3 rings (SSSR count). The zero-order valence-electron chi connectivity index (χ0n) is 17.0. The Hall–Kier alpha value is -3.01. The van der Waals surface area contributed by atoms with Crippen LogP contribution in [-0.2, 0) is 0 Å². The van der Waals surface area contributed by atoms with Crippen molar-refractivity contribution in [1.82, 2.24) is 4.98 Å². The summed E-state index contributed by atoms with van der Waals surface area (Å²) >= 11 is 0. The lowest BCUT2D eigenvalue weighted by Crippen LogP contribution is -2.08. The summed E-state index contributed by atoms with van der Waals surface area (Å²) in [6.07, 6.45) is 5.42. The number of hydrogen-bond acceptors (Lipinski definition) is 4. The van der Waals surface area contributed by atoms with E-state index in [0.29, 0.717) is 0 Å². The molecule has 0 saturated carbocycles. The lowest BCUT2D eigenvalue weighted by atomic mass is 10.1. The van der Waals surface area contributed by atoms with Gasteiger partial charge in [0.2, 0.25) is 0 Å². The van der Waals surface area contributed by atoms with Crippen molar-refractivity contribution >= 4 is 17.2 Å². The Morgan fingerprint density at radius 2 is 1.75 bits per heavy atom. The third-order valence-corrected chi connectivity index (χ3v) is 4.60. The minimum Gasteiger partial charge on any atom is -0.494 e. The van der Waals surface area contributed by atoms with Crippen LogP contribution >= 0.6 is 0 Å². The Kier molecular flexibility index (Phi) is 6.90. The van der Waals surface area contributed by atoms with Gasteiger partial charge in [-0.2, -0.15) is 0 Å². The Morgan fingerprint density at radius 3 is 2.43 bits per heavy atom. The zero-order chi connectivity index (χ0) is 19.8. The highest BCUT2D eigenvalue weighted by Crippen LogP contribution is 2.25. The van der Waals surface area contributed by atoms with Gasteiger partial charge in [0.15, 0.2) is 0 Å². The quantitative estimate of drug-likeness (QED) is 0.457. The normalized spacial score (nSPS) is 10.5. The van der Waals surface area contributed by atoms with Crippen LogP contribution in [0.4, 0.5) is 17.2 Å². The predicted molar refractivity (Wildman–Crippen MR) is 119 cm³/mol. The molecule has 0 amide bonds. The fraction of sp³-hybridized carbons (Fsp3) is 0.292. The molecular formula is C24H29N3O. The molecule has 1 heterocycles. The molecule has 0 bridgehead atoms. The van der Waals surface area contributed by atoms with Crippen molar-refractivity contribution in [3.63, 3.8) is 0 Å². The van der Waals surface area contributed by atoms with Crippen molar-refractivity contribution < 1.29 is 4.74 Å². The van der Waals surface area contributed by atoms with Crippen LogP contribution in [0.2, 0.25) is 0 Å². The van der Waals surface area contributed by atoms with E-state index in [1.165, 1.54) is 18.5 Å². The van der Waals surface area contributed by atoms with Crippen molar-refractivity contribution in [2.75, 3.05) is 30.9 Å². The number of ether oxygens (including phenoxy) is 1. The summed E-state index contributed by atoms with van der Waals surface area (Å²) in [5.74, 6) is 1.73. The second kappa shape index (κ2) is 9.79. The first-order valence-corrected chi connectivity index (χ1v) is 9.89. The van der Waals surface area contributed by atoms with Gasteiger partial charge in [0.1, 0.15) is 11.6 Å². The highest BCUT2D eigenvalue weighted by atomic mass is 16.5. The molecule has 1 N–H and O–H groups in total. The minimum absolute atomic E-state index is 0.776. The lowest BCUT2D eigenvalue weighted by Gasteiger charge is -2.14. The van der Waals surface area contributed by atoms with Gasteiger partial charge in [0.25, 0.3) is 0 Å². The fourth-order valence-electron chi connectivity index (χ4n) is 2.93. The minimum atomic E-state index is 0.776. The number of hydrogen-bond donors (Lipinski definition) is 1. The first kappa shape index (κ1) is 19.7. The van der Waals surface area contributed by atoms with Crippen LogP contribution in [0.3, 0.4) is 0 Å². The second-order valence-corrected chi connectivity index (χ2v) is 7.08. The molecule has 4 nitrogen and oxygen atoms in total. The second-order valence-electron chi connectivity index (χ2n) is 7.08. The molecule has 1 aromatic heterocycles. The van der Waals surface area contributed by atoms with Crippen molar-refractivity contribution in [3.8, 4) is 16.9 Å². The van der Waals surface area contributed by atoms with Crippen LogP contribution in [0, 0.1) is 0 Å². The third-order valence-electron chi connectivity index (χ3n) is 4.60. The van der Waals surface area contributed by atoms with E-state index in [1.807, 2.05) is 50.6 Å². The average molecular weight is 376 g/mol. The highest BCUT2D eigenvalue weighted by Gasteiger charge is 2.03. The Balaban J connectivity index is 1.60. The number of aromatic nitrogens is 1. The van der Waals surface area contributed by atoms with Crippen molar-refractivity contribution in [3.05, 3.63) is 66.9 Å². The van der Waals surface area contributed by atoms with Gasteiger partial charge < -0.3 is 15.0 Å². The van der Waals surface area contributed by atoms with Gasteiger partial charge >= 0.3 is 0 Å². The number of nitrogens with one attached hydrogen (secondary N) is 1. The molecule has 0 radical (unpaired) electrons. The molecule has 146 valence electrons. The molecule has 0 aliphatic carbocycles. The molecule has 0 aliphatic heterocycles. The van der Waals surface area contributed by atoms with Crippen LogP contribution in [0.25, 0.3) is 11.1 Å². The van der Waals surface area contributed by atoms with Crippen LogP contribution < -0.4 is 15.0 Å². The number of nitrogens with zero attached hydrogens (tertiary/aromatic N) is 2. The van der Waals surface area contributed by atoms with Crippen LogP contribution in [0.15, 0.2) is 66.9 Å². The van der Waals surface area contributed by atoms with Gasteiger partial charge in [0.05, 0.1) is 6.61 Å². The van der Waals surface area contributed by atoms with E-state index in [0.717, 1.165) is 41.4 Å². The number of pyridine rings is 1. The molecule has 0 aliphatic rings. The van der Waals surface area contributed by atoms with Crippen molar-refractivity contribution in [2.24, 2.45) is 0 Å². The van der Waals surface area contributed by atoms with E-state index < -0.39 is 0 Å². The fourth-order valence-corrected chi connectivity index (χ4v) is 2.93. The maximum absolute atomic E-state index is 5.76. The standard InChI is InChI=1S/C24H29N3O/c1-4-5-6-16-28-23-13-11-21(12-14-23)26-24-15-10-20(18-25-24)19-8-7-9-22(17-19)27(2)3/h7-15,17-18H,4-6,16H2,1-3H3,(H,25,26). The van der Waals surface area contributed by atoms with E-state index in [1.54, 1.807) is 0 Å². The van der Waals surface area contributed by atoms with Crippen molar-refractivity contribution in [1.29, 1.82) is 0 Å². The van der Waals surface area contributed by atoms with Crippen LogP contribution in [0.1, 0.15) is 26.2 Å². The largest absolute Gasteiger partial charge is 0.494 e. The smallest absolute Gasteiger partial charge is 0.130 e. The van der Waals surface area contributed by atoms with E-state index in [-0.39, 0.29) is 0 Å². The van der Waals surface area contributed by atoms with Gasteiger partial charge in [-0.25, -0.2) is 4.98 Å². The van der Waals surface area contributed by atoms with E-state index in [2.05, 4.69) is 52.5 Å². The van der Waals surface area contributed by atoms with Crippen LogP contribution in [0.5, 0.6) is 5.75 Å². The maximum Gasteiger partial charge on any atom is 0.130 e. The Bertz CT molecular complexity index is 858. The first-order valence-electron chi connectivity index (χ1n) is 9.89. The monoisotopic (exact) mass is 375 g/mol. The zero-order valence-corrected chi connectivity index (χ0v) is 17.0. The number of rotatable bonds is 9. The van der Waals surface area contributed by atoms with Gasteiger partial charge in [-0.3, -0.25) is 0 Å². The summed E-state index contributed by atoms with van der Waals surface area (Å²) in [5, 5.41) is 3.34. The Morgan fingerprint density at radius 1 is 0.929 bits per heavy atom. The van der Waals surface area contributed by atoms with E-state index in [9.17, 15) is 0 Å². The average Bonchev–Trinajstić information content (AvgIpc) is 2.73. The SMILES string of the molecule is CCCCCOc1ccc(Nc2ccc(-c3cccc(N(C)C)c3)cn2)cc1. The van der Waals surface area contributed by atoms with Gasteiger partial charge in [-0.15, -0.1) is 0 Å². The third kappa shape index (κ3) is 5.49. The summed E-state index contributed by atoms with van der Waals surface area (Å²) in [7, 11) is 4.10. The van der Waals surface area contributed by atoms with E-state index >= 15 is 0 Å². The lowest BCUT2D eigenvalue weighted by molar-refractivity contribution is 0.306. The molecule has 0 atom stereocenters. The summed E-state index contributed by atoms with van der Waals surface area (Å²) in [5.41, 5.74) is 4.44. The molecule has 0 spiro atoms. The summed E-state index contributed by atoms with van der Waals surface area (Å²) in [4.78, 5) is 6.66. The highest BCUT2D eigenvalue weighted by molar-refractivity contribution is 5.69. The molecule has 28 heavy (non-hydrogen) atoms. The van der Waals surface area contributed by atoms with Crippen molar-refractivity contribution in [2.45, 2.75) is 26.2 Å². The molecule has 0 unspecified atom stereocenters. The topological polar surface area (TPSA) is 37.4 Å². The number of anilines is 3. The molecule has 0 fully saturated rings. The molecular weight excluding hydrogens is 346 g/mol. The number of unbranched alkanes of at least 4 members (excludes halogenated alkanes) is 2. The van der Waals surface area contributed by atoms with Gasteiger partial charge in [-0.1, -0.05) is 31.9 Å². The summed E-state index contributed by atoms with van der Waals surface area (Å²) < 4.78 is 5.76. The maximum atomic E-state index is 5.76. The summed E-state index contributed by atoms with van der Waals surface area (Å²) in [6.45, 7) is 2.97. The molecule has 2 aromatic carbocycles. The number of benzene rings is 2. The molecule has 0 saturated heterocycles. The van der Waals surface area contributed by atoms with Crippen LogP contribution in [-0.4, -0.2) is 25.7 Å². The molecule has 4 heteroatoms. The predicted octanol–water partition coefficient (Wildman–Crippen LogP) is 6.13.